The molecule has 3 rings (SSSR count). The average Bonchev–Trinajstić information content (AvgIpc) is 3.11. The standard InChI is InChI=1S/C17H22FN3O2/c1-12-15(11-20-21(12)2)17-16(6-8-23-17)19-7-9-22-14-5-3-4-13(18)10-14/h3-5,10-11,16-17,19H,6-9H2,1-2H3/t16-,17+/m0/s1. The Morgan fingerprint density at radius 2 is 2.35 bits per heavy atom. The van der Waals surface area contributed by atoms with E-state index in [2.05, 4.69) is 10.4 Å². The van der Waals surface area contributed by atoms with Crippen LogP contribution in [-0.2, 0) is 11.8 Å². The van der Waals surface area contributed by atoms with Crippen LogP contribution in [0.4, 0.5) is 4.39 Å². The minimum Gasteiger partial charge on any atom is -0.492 e. The van der Waals surface area contributed by atoms with Crippen molar-refractivity contribution in [3.63, 3.8) is 0 Å². The Bertz CT molecular complexity index is 659. The zero-order chi connectivity index (χ0) is 16.2. The Hall–Kier alpha value is -1.92. The van der Waals surface area contributed by atoms with Crippen LogP contribution in [0.5, 0.6) is 5.75 Å². The van der Waals surface area contributed by atoms with Gasteiger partial charge in [0.25, 0.3) is 0 Å². The molecule has 1 aliphatic heterocycles. The van der Waals surface area contributed by atoms with Crippen LogP contribution < -0.4 is 10.1 Å². The molecule has 1 N–H and O–H groups in total. The molecule has 2 atom stereocenters. The summed E-state index contributed by atoms with van der Waals surface area (Å²) in [6.07, 6.45) is 2.86. The number of halogens is 1. The van der Waals surface area contributed by atoms with Gasteiger partial charge >= 0.3 is 0 Å². The van der Waals surface area contributed by atoms with Crippen LogP contribution in [0.2, 0.25) is 0 Å². The molecule has 0 unspecified atom stereocenters. The van der Waals surface area contributed by atoms with Crippen molar-refractivity contribution in [2.24, 2.45) is 7.05 Å². The first kappa shape index (κ1) is 16.0. The molecule has 0 aliphatic carbocycles. The molecule has 1 fully saturated rings. The summed E-state index contributed by atoms with van der Waals surface area (Å²) >= 11 is 0. The molecular formula is C17H22FN3O2. The van der Waals surface area contributed by atoms with Crippen LogP contribution in [-0.4, -0.2) is 35.6 Å². The van der Waals surface area contributed by atoms with Crippen LogP contribution in [0, 0.1) is 12.7 Å². The van der Waals surface area contributed by atoms with Gasteiger partial charge in [-0.25, -0.2) is 4.39 Å². The molecule has 1 aromatic heterocycles. The normalized spacial score (nSPS) is 20.8. The van der Waals surface area contributed by atoms with Crippen molar-refractivity contribution >= 4 is 0 Å². The third-order valence-corrected chi connectivity index (χ3v) is 4.24. The van der Waals surface area contributed by atoms with Gasteiger partial charge in [-0.1, -0.05) is 6.07 Å². The molecule has 2 heterocycles. The van der Waals surface area contributed by atoms with Gasteiger partial charge in [-0.15, -0.1) is 0 Å². The molecule has 23 heavy (non-hydrogen) atoms. The molecule has 1 aliphatic rings. The summed E-state index contributed by atoms with van der Waals surface area (Å²) < 4.78 is 26.4. The number of benzene rings is 1. The van der Waals surface area contributed by atoms with E-state index in [1.807, 2.05) is 24.9 Å². The van der Waals surface area contributed by atoms with Gasteiger partial charge in [0.05, 0.1) is 6.20 Å². The second-order valence-corrected chi connectivity index (χ2v) is 5.76. The van der Waals surface area contributed by atoms with Crippen molar-refractivity contribution in [1.82, 2.24) is 15.1 Å². The van der Waals surface area contributed by atoms with E-state index in [4.69, 9.17) is 9.47 Å². The number of ether oxygens (including phenoxy) is 2. The van der Waals surface area contributed by atoms with E-state index in [9.17, 15) is 4.39 Å². The first-order chi connectivity index (χ1) is 11.1. The van der Waals surface area contributed by atoms with Crippen molar-refractivity contribution in [2.75, 3.05) is 19.8 Å². The highest BCUT2D eigenvalue weighted by molar-refractivity contribution is 5.23. The summed E-state index contributed by atoms with van der Waals surface area (Å²) in [6, 6.07) is 6.43. The van der Waals surface area contributed by atoms with Crippen molar-refractivity contribution in [3.05, 3.63) is 47.5 Å². The molecule has 1 saturated heterocycles. The minimum atomic E-state index is -0.285. The largest absolute Gasteiger partial charge is 0.492 e. The van der Waals surface area contributed by atoms with Gasteiger partial charge < -0.3 is 14.8 Å². The third kappa shape index (κ3) is 3.71. The summed E-state index contributed by atoms with van der Waals surface area (Å²) in [4.78, 5) is 0. The van der Waals surface area contributed by atoms with Gasteiger partial charge in [-0.3, -0.25) is 4.68 Å². The second-order valence-electron chi connectivity index (χ2n) is 5.76. The zero-order valence-electron chi connectivity index (χ0n) is 13.5. The molecule has 5 nitrogen and oxygen atoms in total. The number of aromatic nitrogens is 2. The first-order valence-corrected chi connectivity index (χ1v) is 7.87. The van der Waals surface area contributed by atoms with Gasteiger partial charge in [-0.05, 0) is 25.5 Å². The maximum absolute atomic E-state index is 13.1. The molecule has 0 spiro atoms. The molecule has 0 bridgehead atoms. The van der Waals surface area contributed by atoms with Gasteiger partial charge in [0, 0.05) is 43.6 Å². The van der Waals surface area contributed by atoms with E-state index < -0.39 is 0 Å². The smallest absolute Gasteiger partial charge is 0.126 e. The van der Waals surface area contributed by atoms with Crippen molar-refractivity contribution in [2.45, 2.75) is 25.5 Å². The van der Waals surface area contributed by atoms with Gasteiger partial charge in [0.15, 0.2) is 0 Å². The maximum Gasteiger partial charge on any atom is 0.126 e. The fourth-order valence-corrected chi connectivity index (χ4v) is 2.87. The fourth-order valence-electron chi connectivity index (χ4n) is 2.87. The highest BCUT2D eigenvalue weighted by Crippen LogP contribution is 2.30. The highest BCUT2D eigenvalue weighted by Gasteiger charge is 2.31. The van der Waals surface area contributed by atoms with Crippen molar-refractivity contribution in [1.29, 1.82) is 0 Å². The van der Waals surface area contributed by atoms with Crippen molar-refractivity contribution in [3.8, 4) is 5.75 Å². The third-order valence-electron chi connectivity index (χ3n) is 4.24. The van der Waals surface area contributed by atoms with E-state index in [0.717, 1.165) is 24.3 Å². The second kappa shape index (κ2) is 7.10. The minimum absolute atomic E-state index is 0.0258. The fraction of sp³-hybridized carbons (Fsp3) is 0.471. The van der Waals surface area contributed by atoms with E-state index in [1.54, 1.807) is 12.1 Å². The Morgan fingerprint density at radius 1 is 1.48 bits per heavy atom. The van der Waals surface area contributed by atoms with E-state index in [0.29, 0.717) is 18.9 Å². The Morgan fingerprint density at radius 3 is 3.09 bits per heavy atom. The van der Waals surface area contributed by atoms with Crippen molar-refractivity contribution < 1.29 is 13.9 Å². The predicted molar refractivity (Wildman–Crippen MR) is 84.9 cm³/mol. The highest BCUT2D eigenvalue weighted by atomic mass is 19.1. The lowest BCUT2D eigenvalue weighted by atomic mass is 10.0. The van der Waals surface area contributed by atoms with E-state index >= 15 is 0 Å². The molecular weight excluding hydrogens is 297 g/mol. The summed E-state index contributed by atoms with van der Waals surface area (Å²) in [7, 11) is 1.93. The number of hydrogen-bond acceptors (Lipinski definition) is 4. The number of rotatable bonds is 6. The molecule has 124 valence electrons. The Balaban J connectivity index is 1.50. The lowest BCUT2D eigenvalue weighted by Gasteiger charge is -2.20. The molecule has 0 saturated carbocycles. The van der Waals surface area contributed by atoms with Gasteiger partial charge in [-0.2, -0.15) is 5.10 Å². The molecule has 2 aromatic rings. The molecule has 1 aromatic carbocycles. The van der Waals surface area contributed by atoms with Crippen LogP contribution >= 0.6 is 0 Å². The predicted octanol–water partition coefficient (Wildman–Crippen LogP) is 2.37. The average molecular weight is 319 g/mol. The molecule has 6 heteroatoms. The topological polar surface area (TPSA) is 48.3 Å². The molecule has 0 radical (unpaired) electrons. The van der Waals surface area contributed by atoms with E-state index in [-0.39, 0.29) is 18.0 Å². The summed E-state index contributed by atoms with van der Waals surface area (Å²) in [6.45, 7) is 3.95. The monoisotopic (exact) mass is 319 g/mol. The SMILES string of the molecule is Cc1c([C@H]2OCC[C@@H]2NCCOc2cccc(F)c2)cnn1C. The Kier molecular flexibility index (Phi) is 4.93. The first-order valence-electron chi connectivity index (χ1n) is 7.87. The maximum atomic E-state index is 13.1. The zero-order valence-corrected chi connectivity index (χ0v) is 13.5. The summed E-state index contributed by atoms with van der Waals surface area (Å²) in [5, 5.41) is 7.76. The number of hydrogen-bond donors (Lipinski definition) is 1. The molecule has 0 amide bonds. The lowest BCUT2D eigenvalue weighted by Crippen LogP contribution is -2.34. The van der Waals surface area contributed by atoms with Gasteiger partial charge in [0.1, 0.15) is 24.3 Å². The summed E-state index contributed by atoms with van der Waals surface area (Å²) in [5.41, 5.74) is 2.26. The number of nitrogens with one attached hydrogen (secondary N) is 1. The Labute approximate surface area is 135 Å². The summed E-state index contributed by atoms with van der Waals surface area (Å²) in [5.74, 6) is 0.265. The van der Waals surface area contributed by atoms with Crippen LogP contribution in [0.1, 0.15) is 23.8 Å². The van der Waals surface area contributed by atoms with Crippen LogP contribution in [0.25, 0.3) is 0 Å². The number of aryl methyl sites for hydroxylation is 1. The van der Waals surface area contributed by atoms with Crippen LogP contribution in [0.15, 0.2) is 30.5 Å². The van der Waals surface area contributed by atoms with Crippen LogP contribution in [0.3, 0.4) is 0 Å². The van der Waals surface area contributed by atoms with E-state index in [1.165, 1.54) is 12.1 Å². The van der Waals surface area contributed by atoms with Gasteiger partial charge in [0.2, 0.25) is 0 Å². The quantitative estimate of drug-likeness (QED) is 0.831. The number of nitrogens with zero attached hydrogens (tertiary/aromatic N) is 2. The lowest BCUT2D eigenvalue weighted by molar-refractivity contribution is 0.0974.